The molecular weight excluding hydrogens is 254 g/mol. The Morgan fingerprint density at radius 1 is 1.20 bits per heavy atom. The van der Waals surface area contributed by atoms with Gasteiger partial charge in [0.05, 0.1) is 6.42 Å². The summed E-state index contributed by atoms with van der Waals surface area (Å²) in [6, 6.07) is 7.43. The molecular formula is C15H21N3O2. The zero-order valence-electron chi connectivity index (χ0n) is 11.7. The third kappa shape index (κ3) is 4.06. The Bertz CT molecular complexity index is 465. The van der Waals surface area contributed by atoms with Crippen molar-refractivity contribution in [2.24, 2.45) is 5.92 Å². The highest BCUT2D eigenvalue weighted by Gasteiger charge is 2.20. The monoisotopic (exact) mass is 275 g/mol. The van der Waals surface area contributed by atoms with E-state index < -0.39 is 0 Å². The minimum Gasteiger partial charge on any atom is -0.359 e. The molecule has 1 aliphatic rings. The van der Waals surface area contributed by atoms with Gasteiger partial charge in [-0.3, -0.25) is 9.59 Å². The maximum Gasteiger partial charge on any atom is 0.227 e. The summed E-state index contributed by atoms with van der Waals surface area (Å²) in [5.74, 6) is 0.170. The van der Waals surface area contributed by atoms with Crippen LogP contribution in [0.1, 0.15) is 18.4 Å². The first-order valence-electron chi connectivity index (χ1n) is 7.00. The molecule has 1 heterocycles. The molecule has 0 atom stereocenters. The van der Waals surface area contributed by atoms with Gasteiger partial charge in [-0.1, -0.05) is 12.1 Å². The van der Waals surface area contributed by atoms with Crippen LogP contribution in [0.4, 0.5) is 5.69 Å². The van der Waals surface area contributed by atoms with E-state index in [0.717, 1.165) is 37.2 Å². The van der Waals surface area contributed by atoms with Crippen molar-refractivity contribution in [2.75, 3.05) is 25.5 Å². The van der Waals surface area contributed by atoms with E-state index in [1.165, 1.54) is 0 Å². The first-order chi connectivity index (χ1) is 9.69. The van der Waals surface area contributed by atoms with Crippen molar-refractivity contribution in [2.45, 2.75) is 19.3 Å². The second kappa shape index (κ2) is 7.05. The molecule has 5 heteroatoms. The third-order valence-corrected chi connectivity index (χ3v) is 3.57. The van der Waals surface area contributed by atoms with E-state index in [4.69, 9.17) is 0 Å². The summed E-state index contributed by atoms with van der Waals surface area (Å²) in [4.78, 5) is 23.3. The van der Waals surface area contributed by atoms with Gasteiger partial charge in [0, 0.05) is 18.7 Å². The minimum atomic E-state index is -0.0171. The first-order valence-corrected chi connectivity index (χ1v) is 7.00. The number of hydrogen-bond acceptors (Lipinski definition) is 3. The highest BCUT2D eigenvalue weighted by molar-refractivity contribution is 5.92. The van der Waals surface area contributed by atoms with Crippen molar-refractivity contribution in [3.05, 3.63) is 29.8 Å². The molecule has 20 heavy (non-hydrogen) atoms. The number of carbonyl (C=O) groups excluding carboxylic acids is 2. The summed E-state index contributed by atoms with van der Waals surface area (Å²) in [7, 11) is 1.62. The summed E-state index contributed by atoms with van der Waals surface area (Å²) >= 11 is 0. The molecule has 1 aliphatic heterocycles. The van der Waals surface area contributed by atoms with Gasteiger partial charge in [-0.05, 0) is 43.6 Å². The van der Waals surface area contributed by atoms with E-state index >= 15 is 0 Å². The van der Waals surface area contributed by atoms with Crippen LogP contribution in [0.2, 0.25) is 0 Å². The zero-order valence-corrected chi connectivity index (χ0v) is 11.7. The number of likely N-dealkylation sites (N-methyl/N-ethyl adjacent to an activating group) is 1. The van der Waals surface area contributed by atoms with Crippen LogP contribution in [0.25, 0.3) is 0 Å². The second-order valence-electron chi connectivity index (χ2n) is 5.06. The molecule has 3 N–H and O–H groups in total. The van der Waals surface area contributed by atoms with Crippen molar-refractivity contribution in [1.82, 2.24) is 10.6 Å². The molecule has 0 spiro atoms. The maximum atomic E-state index is 12.1. The average Bonchev–Trinajstić information content (AvgIpc) is 2.50. The molecule has 5 nitrogen and oxygen atoms in total. The number of piperidine rings is 1. The molecule has 0 bridgehead atoms. The lowest BCUT2D eigenvalue weighted by Gasteiger charge is -2.21. The van der Waals surface area contributed by atoms with E-state index in [-0.39, 0.29) is 17.7 Å². The van der Waals surface area contributed by atoms with E-state index in [1.54, 1.807) is 7.05 Å². The Hall–Kier alpha value is -1.88. The van der Waals surface area contributed by atoms with Crippen molar-refractivity contribution in [1.29, 1.82) is 0 Å². The first kappa shape index (κ1) is 14.5. The normalized spacial score (nSPS) is 15.7. The van der Waals surface area contributed by atoms with Crippen LogP contribution in [-0.4, -0.2) is 32.0 Å². The van der Waals surface area contributed by atoms with Gasteiger partial charge in [0.15, 0.2) is 0 Å². The number of anilines is 1. The lowest BCUT2D eigenvalue weighted by molar-refractivity contribution is -0.121. The largest absolute Gasteiger partial charge is 0.359 e. The summed E-state index contributed by atoms with van der Waals surface area (Å²) in [5, 5.41) is 8.77. The molecule has 1 saturated heterocycles. The molecule has 1 aromatic carbocycles. The SMILES string of the molecule is CNC(=O)Cc1ccc(NC(=O)C2CCNCC2)cc1. The van der Waals surface area contributed by atoms with Crippen molar-refractivity contribution < 1.29 is 9.59 Å². The van der Waals surface area contributed by atoms with Crippen LogP contribution >= 0.6 is 0 Å². The Kier molecular flexibility index (Phi) is 5.12. The summed E-state index contributed by atoms with van der Waals surface area (Å²) in [6.07, 6.45) is 2.14. The average molecular weight is 275 g/mol. The van der Waals surface area contributed by atoms with Crippen LogP contribution in [0, 0.1) is 5.92 Å². The van der Waals surface area contributed by atoms with Crippen LogP contribution < -0.4 is 16.0 Å². The maximum absolute atomic E-state index is 12.1. The fraction of sp³-hybridized carbons (Fsp3) is 0.467. The Morgan fingerprint density at radius 3 is 2.45 bits per heavy atom. The predicted molar refractivity (Wildman–Crippen MR) is 78.4 cm³/mol. The van der Waals surface area contributed by atoms with E-state index in [1.807, 2.05) is 24.3 Å². The van der Waals surface area contributed by atoms with E-state index in [0.29, 0.717) is 6.42 Å². The minimum absolute atomic E-state index is 0.0171. The number of amides is 2. The molecule has 2 rings (SSSR count). The van der Waals surface area contributed by atoms with E-state index in [2.05, 4.69) is 16.0 Å². The van der Waals surface area contributed by atoms with Crippen LogP contribution in [-0.2, 0) is 16.0 Å². The van der Waals surface area contributed by atoms with E-state index in [9.17, 15) is 9.59 Å². The number of rotatable bonds is 4. The lowest BCUT2D eigenvalue weighted by Crippen LogP contribution is -2.34. The Labute approximate surface area is 119 Å². The zero-order chi connectivity index (χ0) is 14.4. The van der Waals surface area contributed by atoms with Gasteiger partial charge in [-0.2, -0.15) is 0 Å². The molecule has 0 saturated carbocycles. The predicted octanol–water partition coefficient (Wildman–Crippen LogP) is 0.913. The fourth-order valence-corrected chi connectivity index (χ4v) is 2.31. The number of benzene rings is 1. The van der Waals surface area contributed by atoms with Crippen molar-refractivity contribution >= 4 is 17.5 Å². The summed E-state index contributed by atoms with van der Waals surface area (Å²) in [5.41, 5.74) is 1.72. The highest BCUT2D eigenvalue weighted by Crippen LogP contribution is 2.16. The van der Waals surface area contributed by atoms with Crippen molar-refractivity contribution in [3.8, 4) is 0 Å². The van der Waals surface area contributed by atoms with Gasteiger partial charge in [0.1, 0.15) is 0 Å². The molecule has 1 fully saturated rings. The Morgan fingerprint density at radius 2 is 1.85 bits per heavy atom. The summed E-state index contributed by atoms with van der Waals surface area (Å²) < 4.78 is 0. The standard InChI is InChI=1S/C15H21N3O2/c1-16-14(19)10-11-2-4-13(5-3-11)18-15(20)12-6-8-17-9-7-12/h2-5,12,17H,6-10H2,1H3,(H,16,19)(H,18,20). The highest BCUT2D eigenvalue weighted by atomic mass is 16.2. The van der Waals surface area contributed by atoms with Gasteiger partial charge in [-0.15, -0.1) is 0 Å². The van der Waals surface area contributed by atoms with Gasteiger partial charge < -0.3 is 16.0 Å². The molecule has 0 radical (unpaired) electrons. The lowest BCUT2D eigenvalue weighted by atomic mass is 9.97. The third-order valence-electron chi connectivity index (χ3n) is 3.57. The van der Waals surface area contributed by atoms with Gasteiger partial charge in [0.25, 0.3) is 0 Å². The van der Waals surface area contributed by atoms with Crippen molar-refractivity contribution in [3.63, 3.8) is 0 Å². The number of carbonyl (C=O) groups is 2. The van der Waals surface area contributed by atoms with Gasteiger partial charge >= 0.3 is 0 Å². The molecule has 0 aliphatic carbocycles. The van der Waals surface area contributed by atoms with Crippen LogP contribution in [0.15, 0.2) is 24.3 Å². The fourth-order valence-electron chi connectivity index (χ4n) is 2.31. The number of hydrogen-bond donors (Lipinski definition) is 3. The number of nitrogens with one attached hydrogen (secondary N) is 3. The van der Waals surface area contributed by atoms with Gasteiger partial charge in [-0.25, -0.2) is 0 Å². The molecule has 0 aromatic heterocycles. The van der Waals surface area contributed by atoms with Crippen LogP contribution in [0.3, 0.4) is 0 Å². The smallest absolute Gasteiger partial charge is 0.227 e. The summed E-state index contributed by atoms with van der Waals surface area (Å²) in [6.45, 7) is 1.81. The quantitative estimate of drug-likeness (QED) is 0.765. The topological polar surface area (TPSA) is 70.2 Å². The second-order valence-corrected chi connectivity index (χ2v) is 5.06. The van der Waals surface area contributed by atoms with Crippen LogP contribution in [0.5, 0.6) is 0 Å². The molecule has 108 valence electrons. The molecule has 1 aromatic rings. The van der Waals surface area contributed by atoms with Gasteiger partial charge in [0.2, 0.25) is 11.8 Å². The molecule has 2 amide bonds. The molecule has 0 unspecified atom stereocenters. The Balaban J connectivity index is 1.89.